The molecule has 6 nitrogen and oxygen atoms in total. The van der Waals surface area contributed by atoms with Crippen LogP contribution < -0.4 is 5.73 Å². The Balaban J connectivity index is 2.15. The van der Waals surface area contributed by atoms with Crippen LogP contribution >= 0.6 is 0 Å². The third-order valence-electron chi connectivity index (χ3n) is 3.05. The molecular formula is C14H19N5O. The fraction of sp³-hybridized carbons (Fsp3) is 0.357. The Morgan fingerprint density at radius 1 is 1.40 bits per heavy atom. The summed E-state index contributed by atoms with van der Waals surface area (Å²) in [6.45, 7) is 1.70. The number of imidazole rings is 1. The van der Waals surface area contributed by atoms with E-state index in [-0.39, 0.29) is 5.91 Å². The molecular weight excluding hydrogens is 254 g/mol. The van der Waals surface area contributed by atoms with Crippen LogP contribution in [0.5, 0.6) is 0 Å². The first-order valence-corrected chi connectivity index (χ1v) is 6.57. The number of amides is 1. The van der Waals surface area contributed by atoms with Crippen molar-refractivity contribution >= 4 is 5.91 Å². The summed E-state index contributed by atoms with van der Waals surface area (Å²) in [5, 5.41) is 0. The highest BCUT2D eigenvalue weighted by Gasteiger charge is 2.18. The highest BCUT2D eigenvalue weighted by molar-refractivity contribution is 5.92. The van der Waals surface area contributed by atoms with Gasteiger partial charge in [-0.15, -0.1) is 0 Å². The van der Waals surface area contributed by atoms with Gasteiger partial charge in [0.05, 0.1) is 12.5 Å². The molecule has 2 aromatic heterocycles. The number of pyridine rings is 1. The van der Waals surface area contributed by atoms with Gasteiger partial charge in [-0.3, -0.25) is 9.78 Å². The molecule has 1 amide bonds. The summed E-state index contributed by atoms with van der Waals surface area (Å²) in [4.78, 5) is 22.4. The van der Waals surface area contributed by atoms with Crippen LogP contribution in [0.25, 0.3) is 0 Å². The molecule has 0 bridgehead atoms. The summed E-state index contributed by atoms with van der Waals surface area (Å²) in [6.07, 6.45) is 7.46. The van der Waals surface area contributed by atoms with Gasteiger partial charge in [0.2, 0.25) is 0 Å². The number of nitrogens with two attached hydrogens (primary N) is 1. The Labute approximate surface area is 118 Å². The quantitative estimate of drug-likeness (QED) is 0.844. The predicted octanol–water partition coefficient (Wildman–Crippen LogP) is 0.806. The lowest BCUT2D eigenvalue weighted by Crippen LogP contribution is -2.33. The molecule has 2 aromatic rings. The van der Waals surface area contributed by atoms with E-state index in [4.69, 9.17) is 5.73 Å². The van der Waals surface area contributed by atoms with Crippen LogP contribution in [0.2, 0.25) is 0 Å². The minimum Gasteiger partial charge on any atom is -0.333 e. The molecule has 0 saturated heterocycles. The maximum atomic E-state index is 12.5. The minimum absolute atomic E-state index is 0.0395. The van der Waals surface area contributed by atoms with Crippen molar-refractivity contribution in [1.29, 1.82) is 0 Å². The van der Waals surface area contributed by atoms with Crippen molar-refractivity contribution in [3.63, 3.8) is 0 Å². The van der Waals surface area contributed by atoms with Crippen LogP contribution in [0.4, 0.5) is 0 Å². The molecule has 0 spiro atoms. The number of hydrogen-bond donors (Lipinski definition) is 1. The van der Waals surface area contributed by atoms with Gasteiger partial charge in [-0.2, -0.15) is 0 Å². The van der Waals surface area contributed by atoms with Crippen molar-refractivity contribution in [2.45, 2.75) is 13.0 Å². The highest BCUT2D eigenvalue weighted by atomic mass is 16.2. The molecule has 0 fully saturated rings. The fourth-order valence-corrected chi connectivity index (χ4v) is 1.97. The monoisotopic (exact) mass is 273 g/mol. The second-order valence-electron chi connectivity index (χ2n) is 4.62. The molecule has 0 aliphatic carbocycles. The van der Waals surface area contributed by atoms with Crippen molar-refractivity contribution in [2.75, 3.05) is 13.1 Å². The molecule has 2 N–H and O–H groups in total. The largest absolute Gasteiger partial charge is 0.333 e. The average Bonchev–Trinajstić information content (AvgIpc) is 2.90. The van der Waals surface area contributed by atoms with Gasteiger partial charge in [0.15, 0.2) is 0 Å². The molecule has 0 unspecified atom stereocenters. The topological polar surface area (TPSA) is 77.0 Å². The molecule has 0 aliphatic heterocycles. The Hall–Kier alpha value is -2.21. The van der Waals surface area contributed by atoms with E-state index in [0.29, 0.717) is 25.3 Å². The normalized spacial score (nSPS) is 10.5. The number of hydrogen-bond acceptors (Lipinski definition) is 4. The van der Waals surface area contributed by atoms with Crippen LogP contribution in [-0.2, 0) is 13.6 Å². The van der Waals surface area contributed by atoms with E-state index in [1.807, 2.05) is 19.2 Å². The Morgan fingerprint density at radius 2 is 2.25 bits per heavy atom. The number of aryl methyl sites for hydroxylation is 1. The van der Waals surface area contributed by atoms with Crippen LogP contribution in [-0.4, -0.2) is 38.4 Å². The predicted molar refractivity (Wildman–Crippen MR) is 75.9 cm³/mol. The molecule has 20 heavy (non-hydrogen) atoms. The van der Waals surface area contributed by atoms with Crippen molar-refractivity contribution in [1.82, 2.24) is 19.4 Å². The minimum atomic E-state index is -0.0395. The zero-order valence-corrected chi connectivity index (χ0v) is 11.6. The Kier molecular flexibility index (Phi) is 4.84. The van der Waals surface area contributed by atoms with Gasteiger partial charge in [0, 0.05) is 32.5 Å². The van der Waals surface area contributed by atoms with Gasteiger partial charge in [0.25, 0.3) is 5.91 Å². The lowest BCUT2D eigenvalue weighted by atomic mass is 10.2. The summed E-state index contributed by atoms with van der Waals surface area (Å²) < 4.78 is 1.72. The molecule has 106 valence electrons. The zero-order valence-electron chi connectivity index (χ0n) is 11.6. The SMILES string of the molecule is Cn1cncc1C(=O)N(CCCN)Cc1cccnc1. The van der Waals surface area contributed by atoms with E-state index < -0.39 is 0 Å². The summed E-state index contributed by atoms with van der Waals surface area (Å²) in [7, 11) is 1.81. The highest BCUT2D eigenvalue weighted by Crippen LogP contribution is 2.09. The first-order chi connectivity index (χ1) is 9.72. The van der Waals surface area contributed by atoms with Crippen LogP contribution in [0.1, 0.15) is 22.5 Å². The second-order valence-corrected chi connectivity index (χ2v) is 4.62. The summed E-state index contributed by atoms with van der Waals surface area (Å²) in [5.41, 5.74) is 7.13. The van der Waals surface area contributed by atoms with E-state index in [2.05, 4.69) is 9.97 Å². The number of carbonyl (C=O) groups is 1. The lowest BCUT2D eigenvalue weighted by molar-refractivity contribution is 0.0732. The Bertz CT molecular complexity index is 552. The number of nitrogens with zero attached hydrogens (tertiary/aromatic N) is 4. The third kappa shape index (κ3) is 3.42. The van der Waals surface area contributed by atoms with Crippen LogP contribution in [0, 0.1) is 0 Å². The Morgan fingerprint density at radius 3 is 2.85 bits per heavy atom. The van der Waals surface area contributed by atoms with Crippen molar-refractivity contribution in [3.8, 4) is 0 Å². The maximum Gasteiger partial charge on any atom is 0.272 e. The molecule has 0 atom stereocenters. The molecule has 0 radical (unpaired) electrons. The summed E-state index contributed by atoms with van der Waals surface area (Å²) in [6, 6.07) is 3.82. The standard InChI is InChI=1S/C14H19N5O/c1-18-11-17-9-13(18)14(20)19(7-3-5-15)10-12-4-2-6-16-8-12/h2,4,6,8-9,11H,3,5,7,10,15H2,1H3. The van der Waals surface area contributed by atoms with Gasteiger partial charge < -0.3 is 15.2 Å². The average molecular weight is 273 g/mol. The fourth-order valence-electron chi connectivity index (χ4n) is 1.97. The van der Waals surface area contributed by atoms with Gasteiger partial charge >= 0.3 is 0 Å². The van der Waals surface area contributed by atoms with Crippen molar-refractivity contribution in [3.05, 3.63) is 48.3 Å². The van der Waals surface area contributed by atoms with Crippen LogP contribution in [0.15, 0.2) is 37.1 Å². The number of aromatic nitrogens is 3. The van der Waals surface area contributed by atoms with Crippen molar-refractivity contribution in [2.24, 2.45) is 12.8 Å². The van der Waals surface area contributed by atoms with Gasteiger partial charge in [-0.05, 0) is 24.6 Å². The van der Waals surface area contributed by atoms with E-state index in [9.17, 15) is 4.79 Å². The smallest absolute Gasteiger partial charge is 0.272 e. The van der Waals surface area contributed by atoms with Gasteiger partial charge in [-0.25, -0.2) is 4.98 Å². The maximum absolute atomic E-state index is 12.5. The first kappa shape index (κ1) is 14.2. The molecule has 0 aromatic carbocycles. The zero-order chi connectivity index (χ0) is 14.4. The molecule has 2 heterocycles. The third-order valence-corrected chi connectivity index (χ3v) is 3.05. The molecule has 6 heteroatoms. The van der Waals surface area contributed by atoms with Crippen LogP contribution in [0.3, 0.4) is 0 Å². The van der Waals surface area contributed by atoms with E-state index >= 15 is 0 Å². The summed E-state index contributed by atoms with van der Waals surface area (Å²) in [5.74, 6) is -0.0395. The lowest BCUT2D eigenvalue weighted by Gasteiger charge is -2.22. The van der Waals surface area contributed by atoms with E-state index in [1.165, 1.54) is 0 Å². The van der Waals surface area contributed by atoms with E-state index in [1.54, 1.807) is 34.4 Å². The molecule has 2 rings (SSSR count). The first-order valence-electron chi connectivity index (χ1n) is 6.57. The number of carbonyl (C=O) groups excluding carboxylic acids is 1. The second kappa shape index (κ2) is 6.81. The van der Waals surface area contributed by atoms with Crippen molar-refractivity contribution < 1.29 is 4.79 Å². The van der Waals surface area contributed by atoms with Gasteiger partial charge in [-0.1, -0.05) is 6.07 Å². The number of rotatable bonds is 6. The molecule has 0 aliphatic rings. The van der Waals surface area contributed by atoms with E-state index in [0.717, 1.165) is 12.0 Å². The van der Waals surface area contributed by atoms with Gasteiger partial charge in [0.1, 0.15) is 5.69 Å². The molecule has 0 saturated carbocycles. The summed E-state index contributed by atoms with van der Waals surface area (Å²) >= 11 is 0.